The molecule has 1 atom stereocenters. The van der Waals surface area contributed by atoms with Gasteiger partial charge in [0.1, 0.15) is 11.9 Å². The Morgan fingerprint density at radius 3 is 2.77 bits per heavy atom. The van der Waals surface area contributed by atoms with Crippen molar-refractivity contribution in [3.8, 4) is 5.75 Å². The van der Waals surface area contributed by atoms with Gasteiger partial charge >= 0.3 is 0 Å². The summed E-state index contributed by atoms with van der Waals surface area (Å²) in [6, 6.07) is 6.51. The molecule has 1 aromatic rings. The first-order valence-corrected chi connectivity index (χ1v) is 4.06. The Bertz CT molecular complexity index is 307. The van der Waals surface area contributed by atoms with Crippen LogP contribution in [0.3, 0.4) is 0 Å². The SMILES string of the molecule is CC(=O)[C@@H](O)Cc1cccc(O)c1. The van der Waals surface area contributed by atoms with Crippen molar-refractivity contribution in [3.05, 3.63) is 29.8 Å². The summed E-state index contributed by atoms with van der Waals surface area (Å²) in [6.45, 7) is 1.34. The summed E-state index contributed by atoms with van der Waals surface area (Å²) in [7, 11) is 0. The molecule has 0 aliphatic heterocycles. The van der Waals surface area contributed by atoms with Gasteiger partial charge in [0, 0.05) is 6.42 Å². The second-order valence-electron chi connectivity index (χ2n) is 3.00. The lowest BCUT2D eigenvalue weighted by molar-refractivity contribution is -0.124. The Morgan fingerprint density at radius 1 is 1.54 bits per heavy atom. The van der Waals surface area contributed by atoms with Crippen LogP contribution in [0, 0.1) is 0 Å². The Balaban J connectivity index is 2.69. The average molecular weight is 180 g/mol. The van der Waals surface area contributed by atoms with Crippen LogP contribution in [0.2, 0.25) is 0 Å². The van der Waals surface area contributed by atoms with E-state index in [9.17, 15) is 9.90 Å². The van der Waals surface area contributed by atoms with Gasteiger partial charge in [0.15, 0.2) is 5.78 Å². The minimum Gasteiger partial charge on any atom is -0.508 e. The molecule has 0 saturated carbocycles. The van der Waals surface area contributed by atoms with E-state index in [4.69, 9.17) is 5.11 Å². The topological polar surface area (TPSA) is 57.5 Å². The number of Topliss-reactive ketones (excluding diaryl/α,β-unsaturated/α-hetero) is 1. The molecule has 0 aromatic heterocycles. The number of carbonyl (C=O) groups excluding carboxylic acids is 1. The maximum absolute atomic E-state index is 10.7. The highest BCUT2D eigenvalue weighted by Crippen LogP contribution is 2.12. The van der Waals surface area contributed by atoms with Crippen molar-refractivity contribution >= 4 is 5.78 Å². The lowest BCUT2D eigenvalue weighted by atomic mass is 10.1. The van der Waals surface area contributed by atoms with Gasteiger partial charge in [-0.15, -0.1) is 0 Å². The average Bonchev–Trinajstić information content (AvgIpc) is 2.04. The molecule has 0 amide bonds. The number of rotatable bonds is 3. The van der Waals surface area contributed by atoms with Crippen LogP contribution in [0.4, 0.5) is 0 Å². The molecule has 0 radical (unpaired) electrons. The van der Waals surface area contributed by atoms with E-state index >= 15 is 0 Å². The number of benzene rings is 1. The van der Waals surface area contributed by atoms with Gasteiger partial charge in [-0.25, -0.2) is 0 Å². The molecule has 0 fully saturated rings. The van der Waals surface area contributed by atoms with Gasteiger partial charge in [-0.2, -0.15) is 0 Å². The third kappa shape index (κ3) is 2.87. The molecule has 0 aliphatic carbocycles. The first-order chi connectivity index (χ1) is 6.09. The number of aromatic hydroxyl groups is 1. The minimum atomic E-state index is -0.971. The Labute approximate surface area is 76.6 Å². The van der Waals surface area contributed by atoms with Gasteiger partial charge in [-0.3, -0.25) is 4.79 Å². The maximum Gasteiger partial charge on any atom is 0.158 e. The van der Waals surface area contributed by atoms with Crippen molar-refractivity contribution in [2.75, 3.05) is 0 Å². The molecule has 3 heteroatoms. The fourth-order valence-corrected chi connectivity index (χ4v) is 1.05. The molecule has 2 N–H and O–H groups in total. The van der Waals surface area contributed by atoms with E-state index < -0.39 is 6.10 Å². The minimum absolute atomic E-state index is 0.147. The van der Waals surface area contributed by atoms with E-state index in [2.05, 4.69) is 0 Å². The van der Waals surface area contributed by atoms with Crippen LogP contribution in [0.5, 0.6) is 5.75 Å². The number of phenols is 1. The number of aliphatic hydroxyl groups is 1. The summed E-state index contributed by atoms with van der Waals surface area (Å²) in [6.07, 6.45) is -0.717. The van der Waals surface area contributed by atoms with E-state index in [0.29, 0.717) is 0 Å². The molecule has 0 bridgehead atoms. The third-order valence-electron chi connectivity index (χ3n) is 1.81. The molecule has 0 heterocycles. The van der Waals surface area contributed by atoms with Crippen LogP contribution in [0.1, 0.15) is 12.5 Å². The molecule has 1 rings (SSSR count). The largest absolute Gasteiger partial charge is 0.508 e. The van der Waals surface area contributed by atoms with Crippen LogP contribution in [0.15, 0.2) is 24.3 Å². The van der Waals surface area contributed by atoms with Crippen molar-refractivity contribution < 1.29 is 15.0 Å². The summed E-state index contributed by atoms with van der Waals surface area (Å²) in [4.78, 5) is 10.7. The number of hydrogen-bond donors (Lipinski definition) is 2. The lowest BCUT2D eigenvalue weighted by Gasteiger charge is -2.06. The highest BCUT2D eigenvalue weighted by atomic mass is 16.3. The van der Waals surface area contributed by atoms with Gasteiger partial charge in [-0.1, -0.05) is 12.1 Å². The second kappa shape index (κ2) is 4.05. The van der Waals surface area contributed by atoms with Crippen molar-refractivity contribution in [3.63, 3.8) is 0 Å². The van der Waals surface area contributed by atoms with E-state index in [1.807, 2.05) is 0 Å². The first kappa shape index (κ1) is 9.74. The smallest absolute Gasteiger partial charge is 0.158 e. The number of phenolic OH excluding ortho intramolecular Hbond substituents is 1. The molecule has 3 nitrogen and oxygen atoms in total. The Kier molecular flexibility index (Phi) is 3.03. The monoisotopic (exact) mass is 180 g/mol. The highest BCUT2D eigenvalue weighted by molar-refractivity contribution is 5.80. The highest BCUT2D eigenvalue weighted by Gasteiger charge is 2.10. The van der Waals surface area contributed by atoms with Crippen molar-refractivity contribution in [2.45, 2.75) is 19.4 Å². The van der Waals surface area contributed by atoms with Gasteiger partial charge in [0.25, 0.3) is 0 Å². The lowest BCUT2D eigenvalue weighted by Crippen LogP contribution is -2.19. The molecule has 70 valence electrons. The van der Waals surface area contributed by atoms with E-state index in [-0.39, 0.29) is 18.0 Å². The third-order valence-corrected chi connectivity index (χ3v) is 1.81. The van der Waals surface area contributed by atoms with Crippen LogP contribution in [-0.4, -0.2) is 22.1 Å². The van der Waals surface area contributed by atoms with E-state index in [1.54, 1.807) is 18.2 Å². The van der Waals surface area contributed by atoms with Crippen LogP contribution in [0.25, 0.3) is 0 Å². The van der Waals surface area contributed by atoms with Gasteiger partial charge < -0.3 is 10.2 Å². The number of aliphatic hydroxyl groups excluding tert-OH is 1. The molecule has 0 saturated heterocycles. The summed E-state index contributed by atoms with van der Waals surface area (Å²) in [5.41, 5.74) is 0.753. The van der Waals surface area contributed by atoms with Gasteiger partial charge in [-0.05, 0) is 24.6 Å². The van der Waals surface area contributed by atoms with Crippen LogP contribution in [-0.2, 0) is 11.2 Å². The van der Waals surface area contributed by atoms with E-state index in [1.165, 1.54) is 13.0 Å². The number of carbonyl (C=O) groups is 1. The molecule has 0 spiro atoms. The standard InChI is InChI=1S/C10H12O3/c1-7(11)10(13)6-8-3-2-4-9(12)5-8/h2-5,10,12-13H,6H2,1H3/t10-/m0/s1. The molecule has 0 aliphatic rings. The second-order valence-corrected chi connectivity index (χ2v) is 3.00. The molecule has 0 unspecified atom stereocenters. The normalized spacial score (nSPS) is 12.5. The zero-order chi connectivity index (χ0) is 9.84. The fourth-order valence-electron chi connectivity index (χ4n) is 1.05. The van der Waals surface area contributed by atoms with Crippen molar-refractivity contribution in [1.82, 2.24) is 0 Å². The van der Waals surface area contributed by atoms with Gasteiger partial charge in [0.05, 0.1) is 0 Å². The van der Waals surface area contributed by atoms with Crippen molar-refractivity contribution in [1.29, 1.82) is 0 Å². The van der Waals surface area contributed by atoms with Crippen LogP contribution >= 0.6 is 0 Å². The fraction of sp³-hybridized carbons (Fsp3) is 0.300. The summed E-state index contributed by atoms with van der Waals surface area (Å²) >= 11 is 0. The van der Waals surface area contributed by atoms with Crippen LogP contribution < -0.4 is 0 Å². The molecule has 13 heavy (non-hydrogen) atoms. The quantitative estimate of drug-likeness (QED) is 0.726. The molecular formula is C10H12O3. The predicted molar refractivity (Wildman–Crippen MR) is 48.5 cm³/mol. The van der Waals surface area contributed by atoms with Crippen molar-refractivity contribution in [2.24, 2.45) is 0 Å². The Morgan fingerprint density at radius 2 is 2.23 bits per heavy atom. The van der Waals surface area contributed by atoms with E-state index in [0.717, 1.165) is 5.56 Å². The maximum atomic E-state index is 10.7. The summed E-state index contributed by atoms with van der Waals surface area (Å²) < 4.78 is 0. The predicted octanol–water partition coefficient (Wildman–Crippen LogP) is 0.885. The zero-order valence-corrected chi connectivity index (χ0v) is 7.40. The zero-order valence-electron chi connectivity index (χ0n) is 7.40. The summed E-state index contributed by atoms with van der Waals surface area (Å²) in [5.74, 6) is -0.114. The number of hydrogen-bond acceptors (Lipinski definition) is 3. The summed E-state index contributed by atoms with van der Waals surface area (Å²) in [5, 5.41) is 18.3. The Hall–Kier alpha value is -1.35. The molecule has 1 aromatic carbocycles. The number of ketones is 1. The first-order valence-electron chi connectivity index (χ1n) is 4.06. The molecular weight excluding hydrogens is 168 g/mol. The van der Waals surface area contributed by atoms with Gasteiger partial charge in [0.2, 0.25) is 0 Å².